The third-order valence-corrected chi connectivity index (χ3v) is 1.45. The summed E-state index contributed by atoms with van der Waals surface area (Å²) in [6.07, 6.45) is 3.39. The van der Waals surface area contributed by atoms with Gasteiger partial charge in [0.25, 0.3) is 0 Å². The second-order valence-electron chi connectivity index (χ2n) is 1.60. The van der Waals surface area contributed by atoms with Crippen LogP contribution in [0.3, 0.4) is 0 Å². The number of amides is 1. The average molecular weight is 179 g/mol. The van der Waals surface area contributed by atoms with Crippen molar-refractivity contribution in [1.29, 1.82) is 0 Å². The molecule has 0 spiro atoms. The third kappa shape index (κ3) is 1.43. The van der Waals surface area contributed by atoms with Crippen molar-refractivity contribution in [2.45, 2.75) is 0 Å². The number of carbonyl (C=O) groups is 1. The summed E-state index contributed by atoms with van der Waals surface area (Å²) in [5.41, 5.74) is 0. The summed E-state index contributed by atoms with van der Waals surface area (Å²) in [6.45, 7) is 0. The molecule has 0 saturated carbocycles. The molecule has 1 amide bonds. The topological polar surface area (TPSA) is 32.3 Å². The van der Waals surface area contributed by atoms with Crippen LogP contribution in [0.5, 0.6) is 0 Å². The van der Waals surface area contributed by atoms with Crippen LogP contribution in [0.25, 0.3) is 0 Å². The summed E-state index contributed by atoms with van der Waals surface area (Å²) < 4.78 is 0. The van der Waals surface area contributed by atoms with Crippen molar-refractivity contribution in [3.05, 3.63) is 22.7 Å². The van der Waals surface area contributed by atoms with Gasteiger partial charge in [0.1, 0.15) is 10.3 Å². The van der Waals surface area contributed by atoms with Crippen LogP contribution in [-0.2, 0) is 4.79 Å². The van der Waals surface area contributed by atoms with E-state index in [4.69, 9.17) is 23.2 Å². The van der Waals surface area contributed by atoms with Crippen LogP contribution >= 0.6 is 23.2 Å². The molecule has 0 fully saturated rings. The zero-order valence-corrected chi connectivity index (χ0v) is 6.36. The van der Waals surface area contributed by atoms with Gasteiger partial charge in [-0.1, -0.05) is 23.2 Å². The van der Waals surface area contributed by atoms with Gasteiger partial charge in [0.2, 0.25) is 6.41 Å². The van der Waals surface area contributed by atoms with Gasteiger partial charge in [-0.3, -0.25) is 9.69 Å². The van der Waals surface area contributed by atoms with E-state index in [1.807, 2.05) is 0 Å². The summed E-state index contributed by atoms with van der Waals surface area (Å²) in [5, 5.41) is 3.28. The molecule has 0 bridgehead atoms. The van der Waals surface area contributed by atoms with Crippen LogP contribution in [0, 0.1) is 0 Å². The third-order valence-electron chi connectivity index (χ3n) is 0.942. The van der Waals surface area contributed by atoms with E-state index in [1.54, 1.807) is 0 Å². The van der Waals surface area contributed by atoms with E-state index in [0.717, 1.165) is 0 Å². The van der Waals surface area contributed by atoms with Crippen LogP contribution in [-0.4, -0.2) is 11.3 Å². The van der Waals surface area contributed by atoms with Gasteiger partial charge in [-0.15, -0.1) is 0 Å². The maximum absolute atomic E-state index is 10.2. The second-order valence-corrected chi connectivity index (χ2v) is 2.40. The largest absolute Gasteiger partial charge is 0.348 e. The molecule has 1 heterocycles. The van der Waals surface area contributed by atoms with E-state index in [9.17, 15) is 4.79 Å². The Morgan fingerprint density at radius 3 is 2.80 bits per heavy atom. The molecule has 0 aliphatic carbocycles. The zero-order valence-electron chi connectivity index (χ0n) is 4.84. The molecule has 0 saturated heterocycles. The lowest BCUT2D eigenvalue weighted by Crippen LogP contribution is -2.20. The molecule has 1 rings (SSSR count). The monoisotopic (exact) mass is 178 g/mol. The lowest BCUT2D eigenvalue weighted by Gasteiger charge is -2.15. The number of rotatable bonds is 1. The van der Waals surface area contributed by atoms with Crippen molar-refractivity contribution in [3.8, 4) is 0 Å². The van der Waals surface area contributed by atoms with Crippen LogP contribution in [0.2, 0.25) is 0 Å². The second kappa shape index (κ2) is 2.94. The van der Waals surface area contributed by atoms with Crippen molar-refractivity contribution in [2.24, 2.45) is 0 Å². The SMILES string of the molecule is O=CN1C=C(Cl)NC=C1Cl. The fraction of sp³-hybridized carbons (Fsp3) is 0. The maximum Gasteiger partial charge on any atom is 0.219 e. The summed E-state index contributed by atoms with van der Waals surface area (Å²) in [6, 6.07) is 0. The predicted molar refractivity (Wildman–Crippen MR) is 38.9 cm³/mol. The van der Waals surface area contributed by atoms with Gasteiger partial charge >= 0.3 is 0 Å². The standard InChI is InChI=1S/C5H4Cl2N2O/c6-4-2-9(3-10)5(7)1-8-4/h1-3,8H. The Bertz CT molecular complexity index is 212. The Hall–Kier alpha value is -0.670. The number of hydrogen-bond donors (Lipinski definition) is 1. The fourth-order valence-electron chi connectivity index (χ4n) is 0.505. The number of nitrogens with zero attached hydrogens (tertiary/aromatic N) is 1. The first kappa shape index (κ1) is 7.44. The van der Waals surface area contributed by atoms with Crippen molar-refractivity contribution >= 4 is 29.6 Å². The van der Waals surface area contributed by atoms with Gasteiger partial charge < -0.3 is 5.32 Å². The predicted octanol–water partition coefficient (Wildman–Crippen LogP) is 1.12. The van der Waals surface area contributed by atoms with Crippen molar-refractivity contribution < 1.29 is 4.79 Å². The lowest BCUT2D eigenvalue weighted by molar-refractivity contribution is -0.114. The van der Waals surface area contributed by atoms with Gasteiger partial charge in [0, 0.05) is 12.4 Å². The first-order chi connectivity index (χ1) is 4.74. The number of hydrogen-bond acceptors (Lipinski definition) is 2. The summed E-state index contributed by atoms with van der Waals surface area (Å²) >= 11 is 11.0. The summed E-state index contributed by atoms with van der Waals surface area (Å²) in [5.74, 6) is 0. The average Bonchev–Trinajstić information content (AvgIpc) is 1.94. The highest BCUT2D eigenvalue weighted by Gasteiger charge is 2.07. The van der Waals surface area contributed by atoms with Crippen molar-refractivity contribution in [3.63, 3.8) is 0 Å². The van der Waals surface area contributed by atoms with E-state index in [1.165, 1.54) is 17.3 Å². The Balaban J connectivity index is 2.77. The molecular weight excluding hydrogens is 175 g/mol. The Morgan fingerprint density at radius 1 is 1.60 bits per heavy atom. The Morgan fingerprint density at radius 2 is 2.30 bits per heavy atom. The quantitative estimate of drug-likeness (QED) is 0.483. The van der Waals surface area contributed by atoms with Crippen LogP contribution in [0.15, 0.2) is 22.7 Å². The van der Waals surface area contributed by atoms with E-state index in [-0.39, 0.29) is 0 Å². The van der Waals surface area contributed by atoms with Crippen LogP contribution < -0.4 is 5.32 Å². The summed E-state index contributed by atoms with van der Waals surface area (Å²) in [4.78, 5) is 11.4. The number of carbonyl (C=O) groups excluding carboxylic acids is 1. The fourth-order valence-corrected chi connectivity index (χ4v) is 0.808. The molecule has 54 valence electrons. The van der Waals surface area contributed by atoms with Gasteiger partial charge in [0.05, 0.1) is 0 Å². The van der Waals surface area contributed by atoms with Crippen LogP contribution in [0.1, 0.15) is 0 Å². The van der Waals surface area contributed by atoms with Gasteiger partial charge in [-0.2, -0.15) is 0 Å². The highest BCUT2D eigenvalue weighted by molar-refractivity contribution is 6.32. The van der Waals surface area contributed by atoms with E-state index < -0.39 is 0 Å². The van der Waals surface area contributed by atoms with Crippen molar-refractivity contribution in [2.75, 3.05) is 0 Å². The minimum Gasteiger partial charge on any atom is -0.348 e. The molecule has 1 aliphatic rings. The normalized spacial score (nSPS) is 17.2. The van der Waals surface area contributed by atoms with Gasteiger partial charge in [-0.05, 0) is 0 Å². The number of nitrogens with one attached hydrogen (secondary N) is 1. The molecule has 1 N–H and O–H groups in total. The minimum absolute atomic E-state index is 0.291. The molecule has 0 aromatic rings. The molecular formula is C5H4Cl2N2O. The summed E-state index contributed by atoms with van der Waals surface area (Å²) in [7, 11) is 0. The lowest BCUT2D eigenvalue weighted by atomic mass is 10.6. The highest BCUT2D eigenvalue weighted by Crippen LogP contribution is 2.14. The minimum atomic E-state index is 0.291. The maximum atomic E-state index is 10.2. The first-order valence-electron chi connectivity index (χ1n) is 2.47. The molecule has 0 aromatic carbocycles. The van der Waals surface area contributed by atoms with Gasteiger partial charge in [-0.25, -0.2) is 0 Å². The highest BCUT2D eigenvalue weighted by atomic mass is 35.5. The van der Waals surface area contributed by atoms with E-state index in [0.29, 0.717) is 16.7 Å². The van der Waals surface area contributed by atoms with Crippen LogP contribution in [0.4, 0.5) is 0 Å². The van der Waals surface area contributed by atoms with E-state index in [2.05, 4.69) is 5.32 Å². The molecule has 10 heavy (non-hydrogen) atoms. The Labute approximate surface area is 67.9 Å². The molecule has 0 atom stereocenters. The zero-order chi connectivity index (χ0) is 7.56. The van der Waals surface area contributed by atoms with E-state index >= 15 is 0 Å². The molecule has 3 nitrogen and oxygen atoms in total. The smallest absolute Gasteiger partial charge is 0.219 e. The molecule has 5 heteroatoms. The van der Waals surface area contributed by atoms with Gasteiger partial charge in [0.15, 0.2) is 0 Å². The molecule has 0 aromatic heterocycles. The number of halogens is 2. The Kier molecular flexibility index (Phi) is 2.19. The van der Waals surface area contributed by atoms with Crippen molar-refractivity contribution in [1.82, 2.24) is 10.2 Å². The molecule has 0 unspecified atom stereocenters. The molecule has 0 radical (unpaired) electrons. The molecule has 1 aliphatic heterocycles. The first-order valence-corrected chi connectivity index (χ1v) is 3.23.